The molecule has 2 fully saturated rings. The highest BCUT2D eigenvalue weighted by molar-refractivity contribution is 6.44. The Morgan fingerprint density at radius 2 is 2.00 bits per heavy atom. The van der Waals surface area contributed by atoms with E-state index in [0.717, 1.165) is 6.42 Å². The van der Waals surface area contributed by atoms with Crippen LogP contribution in [-0.2, 0) is 20.8 Å². The molecule has 10 heteroatoms. The predicted molar refractivity (Wildman–Crippen MR) is 118 cm³/mol. The molecule has 1 aromatic rings. The van der Waals surface area contributed by atoms with Crippen molar-refractivity contribution in [1.82, 2.24) is 15.2 Å². The van der Waals surface area contributed by atoms with Gasteiger partial charge in [0, 0.05) is 17.3 Å². The van der Waals surface area contributed by atoms with E-state index < -0.39 is 17.8 Å². The summed E-state index contributed by atoms with van der Waals surface area (Å²) in [7, 11) is 0. The van der Waals surface area contributed by atoms with Crippen LogP contribution in [0.15, 0.2) is 23.7 Å². The fraction of sp³-hybridized carbons (Fsp3) is 0.500. The highest BCUT2D eigenvalue weighted by Gasteiger charge is 2.55. The molecule has 32 heavy (non-hydrogen) atoms. The van der Waals surface area contributed by atoms with E-state index in [4.69, 9.17) is 11.1 Å². The number of allylic oxidation sites excluding steroid dienone is 1. The number of aryl methyl sites for hydroxylation is 1. The normalized spacial score (nSPS) is 20.9. The average Bonchev–Trinajstić information content (AvgIpc) is 3.43. The topological polar surface area (TPSA) is 141 Å². The van der Waals surface area contributed by atoms with Crippen LogP contribution in [0.4, 0.5) is 10.1 Å². The van der Waals surface area contributed by atoms with Gasteiger partial charge in [-0.25, -0.2) is 4.39 Å². The summed E-state index contributed by atoms with van der Waals surface area (Å²) >= 11 is 0. The summed E-state index contributed by atoms with van der Waals surface area (Å²) < 4.78 is 13.8. The van der Waals surface area contributed by atoms with Gasteiger partial charge in [0.25, 0.3) is 5.91 Å². The number of anilines is 1. The van der Waals surface area contributed by atoms with Gasteiger partial charge in [-0.1, -0.05) is 6.92 Å². The zero-order valence-electron chi connectivity index (χ0n) is 18.5. The number of hydrogen-bond acceptors (Lipinski definition) is 6. The van der Waals surface area contributed by atoms with Crippen LogP contribution in [0, 0.1) is 11.3 Å². The minimum absolute atomic E-state index is 0.0114. The third-order valence-corrected chi connectivity index (χ3v) is 5.92. The number of carbonyl (C=O) groups excluding carboxylic acids is 3. The van der Waals surface area contributed by atoms with Crippen LogP contribution in [0.1, 0.15) is 44.9 Å². The van der Waals surface area contributed by atoms with Crippen LogP contribution in [0.3, 0.4) is 0 Å². The molecule has 0 aromatic carbocycles. The number of nitrogens with two attached hydrogens (primary N) is 1. The Bertz CT molecular complexity index is 988. The molecule has 172 valence electrons. The number of carbonyl (C=O) groups is 3. The lowest BCUT2D eigenvalue weighted by atomic mass is 10.1. The van der Waals surface area contributed by atoms with Crippen LogP contribution in [0.2, 0.25) is 0 Å². The van der Waals surface area contributed by atoms with Gasteiger partial charge in [-0.05, 0) is 50.7 Å². The molecule has 3 rings (SSSR count). The molecular weight excluding hydrogens is 415 g/mol. The number of aromatic nitrogens is 1. The average molecular weight is 445 g/mol. The molecular formula is C22H29FN6O3. The molecule has 3 atom stereocenters. The number of nitrogens with zero attached hydrogens (tertiary/aromatic N) is 2. The second kappa shape index (κ2) is 9.46. The molecule has 9 nitrogen and oxygen atoms in total. The fourth-order valence-corrected chi connectivity index (χ4v) is 3.94. The highest BCUT2D eigenvalue weighted by Crippen LogP contribution is 2.47. The Morgan fingerprint density at radius 3 is 2.62 bits per heavy atom. The van der Waals surface area contributed by atoms with E-state index in [1.807, 2.05) is 6.92 Å². The van der Waals surface area contributed by atoms with Gasteiger partial charge in [-0.15, -0.1) is 0 Å². The first-order valence-electron chi connectivity index (χ1n) is 10.7. The third-order valence-electron chi connectivity index (χ3n) is 5.92. The molecule has 1 aliphatic heterocycles. The third kappa shape index (κ3) is 4.95. The first kappa shape index (κ1) is 23.4. The van der Waals surface area contributed by atoms with Gasteiger partial charge in [-0.3, -0.25) is 24.8 Å². The number of rotatable bonds is 9. The molecule has 0 spiro atoms. The summed E-state index contributed by atoms with van der Waals surface area (Å²) in [4.78, 5) is 42.9. The summed E-state index contributed by atoms with van der Waals surface area (Å²) in [5.74, 6) is -1.64. The number of likely N-dealkylation sites (tertiary alicyclic amines) is 1. The Morgan fingerprint density at radius 1 is 1.28 bits per heavy atom. The monoisotopic (exact) mass is 444 g/mol. The maximum absolute atomic E-state index is 13.8. The molecule has 1 aliphatic carbocycles. The summed E-state index contributed by atoms with van der Waals surface area (Å²) in [6.45, 7) is 4.82. The van der Waals surface area contributed by atoms with Gasteiger partial charge in [0.15, 0.2) is 0 Å². The van der Waals surface area contributed by atoms with Gasteiger partial charge in [0.2, 0.25) is 11.8 Å². The second-order valence-corrected chi connectivity index (χ2v) is 8.41. The van der Waals surface area contributed by atoms with Crippen molar-refractivity contribution in [2.45, 2.75) is 52.1 Å². The van der Waals surface area contributed by atoms with Crippen LogP contribution >= 0.6 is 0 Å². The van der Waals surface area contributed by atoms with Crippen LogP contribution < -0.4 is 16.4 Å². The summed E-state index contributed by atoms with van der Waals surface area (Å²) in [6.07, 6.45) is 3.49. The molecule has 2 heterocycles. The number of hydrogen-bond donors (Lipinski definition) is 4. The van der Waals surface area contributed by atoms with E-state index in [2.05, 4.69) is 15.6 Å². The van der Waals surface area contributed by atoms with Gasteiger partial charge >= 0.3 is 0 Å². The molecule has 2 aliphatic rings. The number of nitrogens with one attached hydrogen (secondary N) is 3. The molecule has 1 aromatic heterocycles. The Labute approximate surface area is 186 Å². The van der Waals surface area contributed by atoms with Gasteiger partial charge < -0.3 is 21.3 Å². The van der Waals surface area contributed by atoms with Crippen LogP contribution in [0.5, 0.6) is 0 Å². The van der Waals surface area contributed by atoms with Crippen molar-refractivity contribution in [1.29, 1.82) is 5.41 Å². The number of amides is 3. The lowest BCUT2D eigenvalue weighted by Gasteiger charge is -2.27. The van der Waals surface area contributed by atoms with E-state index >= 15 is 0 Å². The zero-order valence-corrected chi connectivity index (χ0v) is 18.5. The zero-order chi connectivity index (χ0) is 23.6. The van der Waals surface area contributed by atoms with Crippen molar-refractivity contribution < 1.29 is 18.8 Å². The van der Waals surface area contributed by atoms with Crippen molar-refractivity contribution in [2.75, 3.05) is 18.4 Å². The number of primary amides is 1. The van der Waals surface area contributed by atoms with Crippen molar-refractivity contribution >= 4 is 29.1 Å². The van der Waals surface area contributed by atoms with E-state index in [9.17, 15) is 18.8 Å². The first-order valence-corrected chi connectivity index (χ1v) is 10.7. The molecule has 1 saturated carbocycles. The minimum atomic E-state index is -0.881. The van der Waals surface area contributed by atoms with Crippen molar-refractivity contribution in [3.05, 3.63) is 34.9 Å². The van der Waals surface area contributed by atoms with Gasteiger partial charge in [-0.2, -0.15) is 0 Å². The van der Waals surface area contributed by atoms with Crippen LogP contribution in [0.25, 0.3) is 0 Å². The van der Waals surface area contributed by atoms with Crippen LogP contribution in [-0.4, -0.2) is 58.5 Å². The van der Waals surface area contributed by atoms with Crippen molar-refractivity contribution in [3.63, 3.8) is 0 Å². The van der Waals surface area contributed by atoms with Crippen molar-refractivity contribution in [2.24, 2.45) is 11.7 Å². The largest absolute Gasteiger partial charge is 0.374 e. The van der Waals surface area contributed by atoms with E-state index in [1.165, 1.54) is 6.20 Å². The van der Waals surface area contributed by atoms with Crippen molar-refractivity contribution in [3.8, 4) is 0 Å². The van der Waals surface area contributed by atoms with E-state index in [0.29, 0.717) is 29.8 Å². The second-order valence-electron chi connectivity index (χ2n) is 8.41. The summed E-state index contributed by atoms with van der Waals surface area (Å²) in [6, 6.07) is 0.972. The molecule has 0 radical (unpaired) electrons. The van der Waals surface area contributed by atoms with Gasteiger partial charge in [0.1, 0.15) is 17.6 Å². The standard InChI is InChI=1S/C22H29FN6O3/c1-4-13-7-14(20(24)21(25)31)16(9-26-13)27-10-19(30)29-17-5-12(17)6-18(29)22(32)28-8-15(23)11(2)3/h7,9,12,17-18,24,27H,4-6,8,10H2,1-3H3,(H2,25,31)(H,28,32)/t12-,17-,18+/m1/s1. The summed E-state index contributed by atoms with van der Waals surface area (Å²) in [5.41, 5.74) is 6.69. The Balaban J connectivity index is 1.69. The predicted octanol–water partition coefficient (Wildman–Crippen LogP) is 1.28. The quantitative estimate of drug-likeness (QED) is 0.425. The lowest BCUT2D eigenvalue weighted by molar-refractivity contribution is -0.138. The SMILES string of the molecule is CCc1cc(C(=N)C(N)=O)c(NCC(=O)N2[C@@H]3C[C@@H]3C[C@H]2C(=O)NCC(F)=C(C)C)cn1. The molecule has 0 bridgehead atoms. The smallest absolute Gasteiger partial charge is 0.267 e. The van der Waals surface area contributed by atoms with E-state index in [1.54, 1.807) is 24.8 Å². The number of halogens is 1. The number of piperidine rings is 1. The number of pyridine rings is 1. The molecule has 3 amide bonds. The number of fused-ring (bicyclic) bond motifs is 1. The maximum Gasteiger partial charge on any atom is 0.267 e. The highest BCUT2D eigenvalue weighted by atomic mass is 19.1. The molecule has 5 N–H and O–H groups in total. The lowest BCUT2D eigenvalue weighted by Crippen LogP contribution is -2.49. The Kier molecular flexibility index (Phi) is 6.90. The molecule has 0 unspecified atom stereocenters. The Hall–Kier alpha value is -3.30. The fourth-order valence-electron chi connectivity index (χ4n) is 3.94. The first-order chi connectivity index (χ1) is 15.1. The minimum Gasteiger partial charge on any atom is -0.374 e. The summed E-state index contributed by atoms with van der Waals surface area (Å²) in [5, 5.41) is 13.5. The van der Waals surface area contributed by atoms with E-state index in [-0.39, 0.29) is 48.1 Å². The van der Waals surface area contributed by atoms with Gasteiger partial charge in [0.05, 0.1) is 25.0 Å². The maximum atomic E-state index is 13.8. The molecule has 1 saturated heterocycles.